The first-order chi connectivity index (χ1) is 9.10. The van der Waals surface area contributed by atoms with Gasteiger partial charge in [-0.15, -0.1) is 0 Å². The topological polar surface area (TPSA) is 86.7 Å². The Morgan fingerprint density at radius 2 is 2.11 bits per heavy atom. The number of hydrogen-bond donors (Lipinski definition) is 2. The first-order valence-corrected chi connectivity index (χ1v) is 7.63. The number of nitrogens with zero attached hydrogens (tertiary/aromatic N) is 1. The third-order valence-corrected chi connectivity index (χ3v) is 3.42. The first-order valence-electron chi connectivity index (χ1n) is 6.34. The molecule has 1 heterocycles. The number of rotatable bonds is 6. The van der Waals surface area contributed by atoms with Crippen molar-refractivity contribution >= 4 is 29.5 Å². The SMILES string of the molecule is CC.CSC1CC(=O)N(CCC(=O)NCCO)C1=O. The highest BCUT2D eigenvalue weighted by atomic mass is 32.2. The van der Waals surface area contributed by atoms with Gasteiger partial charge in [-0.2, -0.15) is 11.8 Å². The Hall–Kier alpha value is -1.08. The molecule has 1 aliphatic heterocycles. The van der Waals surface area contributed by atoms with Gasteiger partial charge in [-0.3, -0.25) is 19.3 Å². The smallest absolute Gasteiger partial charge is 0.242 e. The van der Waals surface area contributed by atoms with Crippen LogP contribution >= 0.6 is 11.8 Å². The molecule has 0 bridgehead atoms. The second kappa shape index (κ2) is 9.80. The number of imide groups is 1. The average molecular weight is 290 g/mol. The summed E-state index contributed by atoms with van der Waals surface area (Å²) in [5, 5.41) is 10.7. The van der Waals surface area contributed by atoms with Crippen LogP contribution in [0.5, 0.6) is 0 Å². The Balaban J connectivity index is 0.00000154. The quantitative estimate of drug-likeness (QED) is 0.673. The van der Waals surface area contributed by atoms with Crippen molar-refractivity contribution in [3.05, 3.63) is 0 Å². The Labute approximate surface area is 117 Å². The Morgan fingerprint density at radius 3 is 2.58 bits per heavy atom. The number of carbonyl (C=O) groups is 3. The molecule has 3 amide bonds. The number of nitrogens with one attached hydrogen (secondary N) is 1. The van der Waals surface area contributed by atoms with E-state index in [1.54, 1.807) is 6.26 Å². The lowest BCUT2D eigenvalue weighted by Crippen LogP contribution is -2.36. The highest BCUT2D eigenvalue weighted by molar-refractivity contribution is 8.00. The predicted molar refractivity (Wildman–Crippen MR) is 74.7 cm³/mol. The summed E-state index contributed by atoms with van der Waals surface area (Å²) < 4.78 is 0. The minimum atomic E-state index is -0.303. The fraction of sp³-hybridized carbons (Fsp3) is 0.750. The van der Waals surface area contributed by atoms with Gasteiger partial charge < -0.3 is 10.4 Å². The lowest BCUT2D eigenvalue weighted by Gasteiger charge is -2.13. The Bertz CT molecular complexity index is 323. The van der Waals surface area contributed by atoms with Gasteiger partial charge in [-0.25, -0.2) is 0 Å². The average Bonchev–Trinajstić information content (AvgIpc) is 2.71. The lowest BCUT2D eigenvalue weighted by molar-refractivity contribution is -0.138. The number of aliphatic hydroxyl groups is 1. The fourth-order valence-electron chi connectivity index (χ4n) is 1.57. The van der Waals surface area contributed by atoms with E-state index in [1.165, 1.54) is 11.8 Å². The van der Waals surface area contributed by atoms with Crippen molar-refractivity contribution in [2.24, 2.45) is 0 Å². The van der Waals surface area contributed by atoms with E-state index in [9.17, 15) is 14.4 Å². The molecule has 0 radical (unpaired) electrons. The summed E-state index contributed by atoms with van der Waals surface area (Å²) in [7, 11) is 0. The molecule has 1 rings (SSSR count). The van der Waals surface area contributed by atoms with E-state index >= 15 is 0 Å². The van der Waals surface area contributed by atoms with Gasteiger partial charge >= 0.3 is 0 Å². The molecule has 1 fully saturated rings. The van der Waals surface area contributed by atoms with Crippen LogP contribution in [0.15, 0.2) is 0 Å². The summed E-state index contributed by atoms with van der Waals surface area (Å²) in [5.74, 6) is -0.700. The van der Waals surface area contributed by atoms with Crippen LogP contribution in [0.3, 0.4) is 0 Å². The van der Waals surface area contributed by atoms with Crippen molar-refractivity contribution < 1.29 is 19.5 Å². The molecule has 19 heavy (non-hydrogen) atoms. The van der Waals surface area contributed by atoms with Crippen LogP contribution in [0.25, 0.3) is 0 Å². The van der Waals surface area contributed by atoms with E-state index < -0.39 is 0 Å². The minimum Gasteiger partial charge on any atom is -0.395 e. The highest BCUT2D eigenvalue weighted by Gasteiger charge is 2.37. The van der Waals surface area contributed by atoms with E-state index in [-0.39, 0.29) is 55.5 Å². The predicted octanol–water partition coefficient (Wildman–Crippen LogP) is 0.00170. The van der Waals surface area contributed by atoms with Crippen LogP contribution in [0.4, 0.5) is 0 Å². The van der Waals surface area contributed by atoms with E-state index in [2.05, 4.69) is 5.32 Å². The molecule has 0 aromatic carbocycles. The molecule has 6 nitrogen and oxygen atoms in total. The molecule has 2 N–H and O–H groups in total. The third-order valence-electron chi connectivity index (χ3n) is 2.48. The first kappa shape index (κ1) is 17.9. The van der Waals surface area contributed by atoms with E-state index in [1.807, 2.05) is 13.8 Å². The zero-order valence-corrected chi connectivity index (χ0v) is 12.5. The third kappa shape index (κ3) is 5.61. The monoisotopic (exact) mass is 290 g/mol. The summed E-state index contributed by atoms with van der Waals surface area (Å²) in [5.41, 5.74) is 0. The number of hydrogen-bond acceptors (Lipinski definition) is 5. The minimum absolute atomic E-state index is 0.0819. The van der Waals surface area contributed by atoms with Gasteiger partial charge in [-0.1, -0.05) is 13.8 Å². The second-order valence-electron chi connectivity index (χ2n) is 3.64. The van der Waals surface area contributed by atoms with E-state index in [4.69, 9.17) is 5.11 Å². The number of likely N-dealkylation sites (tertiary alicyclic amines) is 1. The van der Waals surface area contributed by atoms with E-state index in [0.717, 1.165) is 4.90 Å². The van der Waals surface area contributed by atoms with Crippen molar-refractivity contribution in [1.29, 1.82) is 0 Å². The van der Waals surface area contributed by atoms with E-state index in [0.29, 0.717) is 0 Å². The van der Waals surface area contributed by atoms with Gasteiger partial charge in [0.1, 0.15) is 0 Å². The number of aliphatic hydroxyl groups excluding tert-OH is 1. The second-order valence-corrected chi connectivity index (χ2v) is 4.68. The zero-order valence-electron chi connectivity index (χ0n) is 11.6. The largest absolute Gasteiger partial charge is 0.395 e. The number of thioether (sulfide) groups is 1. The Morgan fingerprint density at radius 1 is 1.47 bits per heavy atom. The normalized spacial score (nSPS) is 18.1. The van der Waals surface area contributed by atoms with Crippen molar-refractivity contribution in [3.63, 3.8) is 0 Å². The maximum atomic E-state index is 11.7. The maximum absolute atomic E-state index is 11.7. The van der Waals surface area contributed by atoms with Gasteiger partial charge in [-0.05, 0) is 6.26 Å². The van der Waals surface area contributed by atoms with Crippen LogP contribution in [0.1, 0.15) is 26.7 Å². The molecular formula is C12H22N2O4S. The molecule has 1 saturated heterocycles. The van der Waals surface area contributed by atoms with Gasteiger partial charge in [0, 0.05) is 25.9 Å². The Kier molecular flexibility index (Phi) is 9.24. The molecule has 0 aromatic rings. The van der Waals surface area contributed by atoms with Crippen LogP contribution in [-0.2, 0) is 14.4 Å². The summed E-state index contributed by atoms with van der Waals surface area (Å²) >= 11 is 1.35. The van der Waals surface area contributed by atoms with Crippen molar-refractivity contribution in [2.75, 3.05) is 26.0 Å². The van der Waals surface area contributed by atoms with Crippen molar-refractivity contribution in [2.45, 2.75) is 31.9 Å². The molecule has 1 aliphatic rings. The number of amides is 3. The standard InChI is InChI=1S/C10H16N2O4S.C2H6/c1-17-7-6-9(15)12(10(7)16)4-2-8(14)11-3-5-13;1-2/h7,13H,2-6H2,1H3,(H,11,14);1-2H3. The summed E-state index contributed by atoms with van der Waals surface area (Å²) in [4.78, 5) is 35.6. The zero-order chi connectivity index (χ0) is 14.8. The van der Waals surface area contributed by atoms with Gasteiger partial charge in [0.25, 0.3) is 0 Å². The summed E-state index contributed by atoms with van der Waals surface area (Å²) in [6.45, 7) is 4.18. The molecule has 1 unspecified atom stereocenters. The molecule has 1 atom stereocenters. The highest BCUT2D eigenvalue weighted by Crippen LogP contribution is 2.22. The molecular weight excluding hydrogens is 268 g/mol. The van der Waals surface area contributed by atoms with Crippen molar-refractivity contribution in [1.82, 2.24) is 10.2 Å². The van der Waals surface area contributed by atoms with Crippen LogP contribution in [0.2, 0.25) is 0 Å². The summed E-state index contributed by atoms with van der Waals surface area (Å²) in [6, 6.07) is 0. The van der Waals surface area contributed by atoms with Crippen LogP contribution in [0, 0.1) is 0 Å². The van der Waals surface area contributed by atoms with Gasteiger partial charge in [0.15, 0.2) is 0 Å². The molecule has 110 valence electrons. The molecule has 0 saturated carbocycles. The van der Waals surface area contributed by atoms with Crippen LogP contribution in [-0.4, -0.2) is 58.9 Å². The fourth-order valence-corrected chi connectivity index (χ4v) is 2.21. The van der Waals surface area contributed by atoms with Gasteiger partial charge in [0.2, 0.25) is 17.7 Å². The van der Waals surface area contributed by atoms with Crippen molar-refractivity contribution in [3.8, 4) is 0 Å². The maximum Gasteiger partial charge on any atom is 0.242 e. The van der Waals surface area contributed by atoms with Gasteiger partial charge in [0.05, 0.1) is 11.9 Å². The lowest BCUT2D eigenvalue weighted by atomic mass is 10.3. The number of carbonyl (C=O) groups excluding carboxylic acids is 3. The molecule has 0 spiro atoms. The molecule has 7 heteroatoms. The van der Waals surface area contributed by atoms with Crippen LogP contribution < -0.4 is 5.32 Å². The molecule has 0 aliphatic carbocycles. The summed E-state index contributed by atoms with van der Waals surface area (Å²) in [6.07, 6.45) is 2.09. The molecule has 0 aromatic heterocycles.